The van der Waals surface area contributed by atoms with Gasteiger partial charge in [-0.05, 0) is 54.3 Å². The lowest BCUT2D eigenvalue weighted by atomic mass is 10.0. The van der Waals surface area contributed by atoms with E-state index in [0.717, 1.165) is 18.7 Å². The molecule has 0 fully saturated rings. The Morgan fingerprint density at radius 1 is 1.37 bits per heavy atom. The Morgan fingerprint density at radius 3 is 2.74 bits per heavy atom. The van der Waals surface area contributed by atoms with Gasteiger partial charge in [-0.25, -0.2) is 0 Å². The molecule has 0 saturated heterocycles. The standard InChI is InChI=1S/C14H21N3S2/c1-5-7-15-13(11-6-8-18-10(11)4)14-12(9(2)3)16-17-19-14/h6,8-9,13,15H,5,7H2,1-4H3. The fourth-order valence-electron chi connectivity index (χ4n) is 2.13. The van der Waals surface area contributed by atoms with Crippen LogP contribution in [-0.4, -0.2) is 16.1 Å². The van der Waals surface area contributed by atoms with Gasteiger partial charge in [-0.2, -0.15) is 0 Å². The van der Waals surface area contributed by atoms with Gasteiger partial charge >= 0.3 is 0 Å². The lowest BCUT2D eigenvalue weighted by molar-refractivity contribution is 0.596. The van der Waals surface area contributed by atoms with E-state index in [1.165, 1.54) is 26.9 Å². The summed E-state index contributed by atoms with van der Waals surface area (Å²) in [6, 6.07) is 2.46. The molecule has 3 nitrogen and oxygen atoms in total. The maximum Gasteiger partial charge on any atom is 0.0832 e. The number of nitrogens with zero attached hydrogens (tertiary/aromatic N) is 2. The van der Waals surface area contributed by atoms with E-state index in [9.17, 15) is 0 Å². The average molecular weight is 295 g/mol. The van der Waals surface area contributed by atoms with Gasteiger partial charge in [-0.3, -0.25) is 0 Å². The zero-order valence-electron chi connectivity index (χ0n) is 11.9. The molecule has 0 spiro atoms. The third kappa shape index (κ3) is 3.22. The Morgan fingerprint density at radius 2 is 2.16 bits per heavy atom. The summed E-state index contributed by atoms with van der Waals surface area (Å²) in [4.78, 5) is 2.64. The normalized spacial score (nSPS) is 13.1. The second-order valence-electron chi connectivity index (χ2n) is 5.00. The first-order valence-corrected chi connectivity index (χ1v) is 8.40. The third-order valence-electron chi connectivity index (χ3n) is 3.16. The van der Waals surface area contributed by atoms with Crippen molar-refractivity contribution in [1.82, 2.24) is 14.9 Å². The molecule has 0 aliphatic heterocycles. The minimum Gasteiger partial charge on any atom is -0.305 e. The zero-order valence-corrected chi connectivity index (χ0v) is 13.6. The van der Waals surface area contributed by atoms with E-state index in [1.807, 2.05) is 0 Å². The molecule has 0 saturated carbocycles. The van der Waals surface area contributed by atoms with E-state index in [1.54, 1.807) is 11.3 Å². The van der Waals surface area contributed by atoms with Crippen LogP contribution < -0.4 is 5.32 Å². The van der Waals surface area contributed by atoms with Crippen LogP contribution in [0.25, 0.3) is 0 Å². The lowest BCUT2D eigenvalue weighted by Crippen LogP contribution is -2.23. The first-order valence-electron chi connectivity index (χ1n) is 6.74. The predicted octanol–water partition coefficient (Wildman–Crippen LogP) is 4.12. The van der Waals surface area contributed by atoms with Crippen molar-refractivity contribution >= 4 is 22.9 Å². The average Bonchev–Trinajstić information content (AvgIpc) is 3.00. The molecule has 0 amide bonds. The Hall–Kier alpha value is -0.780. The van der Waals surface area contributed by atoms with Gasteiger partial charge in [0.1, 0.15) is 0 Å². The Bertz CT molecular complexity index is 516. The van der Waals surface area contributed by atoms with Gasteiger partial charge in [-0.15, -0.1) is 16.4 Å². The summed E-state index contributed by atoms with van der Waals surface area (Å²) in [6.45, 7) is 9.74. The highest BCUT2D eigenvalue weighted by Gasteiger charge is 2.23. The number of aromatic nitrogens is 2. The molecule has 0 bridgehead atoms. The van der Waals surface area contributed by atoms with E-state index in [0.29, 0.717) is 5.92 Å². The van der Waals surface area contributed by atoms with Crippen LogP contribution in [0, 0.1) is 6.92 Å². The quantitative estimate of drug-likeness (QED) is 0.871. The van der Waals surface area contributed by atoms with Crippen molar-refractivity contribution in [3.8, 4) is 0 Å². The number of nitrogens with one attached hydrogen (secondary N) is 1. The number of aryl methyl sites for hydroxylation is 1. The second kappa shape index (κ2) is 6.59. The van der Waals surface area contributed by atoms with E-state index in [2.05, 4.69) is 54.0 Å². The van der Waals surface area contributed by atoms with Gasteiger partial charge in [0.15, 0.2) is 0 Å². The second-order valence-corrected chi connectivity index (χ2v) is 6.90. The maximum absolute atomic E-state index is 4.32. The summed E-state index contributed by atoms with van der Waals surface area (Å²) in [5.74, 6) is 0.415. The highest BCUT2D eigenvalue weighted by molar-refractivity contribution is 7.10. The lowest BCUT2D eigenvalue weighted by Gasteiger charge is -2.19. The monoisotopic (exact) mass is 295 g/mol. The van der Waals surface area contributed by atoms with E-state index >= 15 is 0 Å². The molecule has 0 aromatic carbocycles. The third-order valence-corrected chi connectivity index (χ3v) is 4.82. The predicted molar refractivity (Wildman–Crippen MR) is 83.2 cm³/mol. The van der Waals surface area contributed by atoms with Gasteiger partial charge in [0, 0.05) is 4.88 Å². The summed E-state index contributed by atoms with van der Waals surface area (Å²) in [7, 11) is 0. The summed E-state index contributed by atoms with van der Waals surface area (Å²) < 4.78 is 4.17. The van der Waals surface area contributed by atoms with E-state index in [4.69, 9.17) is 0 Å². The van der Waals surface area contributed by atoms with E-state index < -0.39 is 0 Å². The van der Waals surface area contributed by atoms with Gasteiger partial charge in [-0.1, -0.05) is 25.3 Å². The number of thiophene rings is 1. The summed E-state index contributed by atoms with van der Waals surface area (Å²) in [5, 5.41) is 10.1. The number of hydrogen-bond acceptors (Lipinski definition) is 5. The SMILES string of the molecule is CCCNC(c1ccsc1C)c1snnc1C(C)C. The highest BCUT2D eigenvalue weighted by atomic mass is 32.1. The smallest absolute Gasteiger partial charge is 0.0832 e. The molecule has 2 aromatic rings. The minimum atomic E-state index is 0.239. The van der Waals surface area contributed by atoms with Crippen LogP contribution in [0.5, 0.6) is 0 Å². The maximum atomic E-state index is 4.32. The van der Waals surface area contributed by atoms with Crippen molar-refractivity contribution in [3.63, 3.8) is 0 Å². The van der Waals surface area contributed by atoms with Crippen molar-refractivity contribution in [2.24, 2.45) is 0 Å². The molecule has 2 aromatic heterocycles. The molecule has 2 heterocycles. The molecular formula is C14H21N3S2. The van der Waals surface area contributed by atoms with Gasteiger partial charge < -0.3 is 5.32 Å². The van der Waals surface area contributed by atoms with Crippen LogP contribution >= 0.6 is 22.9 Å². The first-order chi connectivity index (χ1) is 9.15. The van der Waals surface area contributed by atoms with E-state index in [-0.39, 0.29) is 6.04 Å². The topological polar surface area (TPSA) is 37.8 Å². The van der Waals surface area contributed by atoms with Crippen LogP contribution in [0.1, 0.15) is 60.2 Å². The van der Waals surface area contributed by atoms with Crippen LogP contribution in [0.15, 0.2) is 11.4 Å². The van der Waals surface area contributed by atoms with Crippen molar-refractivity contribution in [2.75, 3.05) is 6.54 Å². The van der Waals surface area contributed by atoms with Crippen molar-refractivity contribution in [3.05, 3.63) is 32.5 Å². The fraction of sp³-hybridized carbons (Fsp3) is 0.571. The van der Waals surface area contributed by atoms with Crippen molar-refractivity contribution in [2.45, 2.75) is 46.1 Å². The van der Waals surface area contributed by atoms with Crippen LogP contribution in [0.2, 0.25) is 0 Å². The molecule has 19 heavy (non-hydrogen) atoms. The fourth-order valence-corrected chi connectivity index (χ4v) is 3.78. The number of hydrogen-bond donors (Lipinski definition) is 1. The van der Waals surface area contributed by atoms with Gasteiger partial charge in [0.2, 0.25) is 0 Å². The van der Waals surface area contributed by atoms with Gasteiger partial charge in [0.25, 0.3) is 0 Å². The molecule has 0 aliphatic carbocycles. The highest BCUT2D eigenvalue weighted by Crippen LogP contribution is 2.33. The van der Waals surface area contributed by atoms with Crippen molar-refractivity contribution < 1.29 is 0 Å². The van der Waals surface area contributed by atoms with Crippen LogP contribution in [0.4, 0.5) is 0 Å². The largest absolute Gasteiger partial charge is 0.305 e. The zero-order chi connectivity index (χ0) is 13.8. The molecule has 2 rings (SSSR count). The number of rotatable bonds is 6. The molecule has 104 valence electrons. The van der Waals surface area contributed by atoms with Gasteiger partial charge in [0.05, 0.1) is 16.6 Å². The first kappa shape index (κ1) is 14.6. The molecule has 1 atom stereocenters. The summed E-state index contributed by atoms with van der Waals surface area (Å²) in [6.07, 6.45) is 1.13. The summed E-state index contributed by atoms with van der Waals surface area (Å²) >= 11 is 3.33. The molecule has 1 unspecified atom stereocenters. The van der Waals surface area contributed by atoms with Crippen molar-refractivity contribution in [1.29, 1.82) is 0 Å². The Labute approximate surface area is 123 Å². The summed E-state index contributed by atoms with van der Waals surface area (Å²) in [5.41, 5.74) is 2.50. The molecule has 5 heteroatoms. The van der Waals surface area contributed by atoms with Crippen LogP contribution in [0.3, 0.4) is 0 Å². The molecule has 0 radical (unpaired) electrons. The molecule has 0 aliphatic rings. The molecule has 1 N–H and O–H groups in total. The molecular weight excluding hydrogens is 274 g/mol. The Balaban J connectivity index is 2.37. The minimum absolute atomic E-state index is 0.239. The van der Waals surface area contributed by atoms with Crippen LogP contribution in [-0.2, 0) is 0 Å². The Kier molecular flexibility index (Phi) is 5.07.